The van der Waals surface area contributed by atoms with Gasteiger partial charge >= 0.3 is 0 Å². The van der Waals surface area contributed by atoms with E-state index < -0.39 is 9.84 Å². The van der Waals surface area contributed by atoms with Crippen molar-refractivity contribution >= 4 is 9.84 Å². The highest BCUT2D eigenvalue weighted by atomic mass is 32.2. The lowest BCUT2D eigenvalue weighted by molar-refractivity contribution is 0.0882. The first-order valence-corrected chi connectivity index (χ1v) is 7.09. The van der Waals surface area contributed by atoms with Crippen molar-refractivity contribution in [3.63, 3.8) is 0 Å². The Morgan fingerprint density at radius 3 is 1.47 bits per heavy atom. The van der Waals surface area contributed by atoms with E-state index in [1.54, 1.807) is 0 Å². The topological polar surface area (TPSA) is 52.6 Å². The molecule has 0 N–H and O–H groups in total. The molecule has 0 aliphatic carbocycles. The van der Waals surface area contributed by atoms with Gasteiger partial charge in [-0.1, -0.05) is 0 Å². The molecule has 0 saturated heterocycles. The third kappa shape index (κ3) is 10.2. The molecule has 0 fully saturated rings. The first kappa shape index (κ1) is 14.9. The van der Waals surface area contributed by atoms with Gasteiger partial charge in [0.2, 0.25) is 0 Å². The van der Waals surface area contributed by atoms with Crippen molar-refractivity contribution in [2.45, 2.75) is 39.9 Å². The molecule has 0 amide bonds. The Morgan fingerprint density at radius 1 is 0.867 bits per heavy atom. The van der Waals surface area contributed by atoms with Crippen molar-refractivity contribution in [1.82, 2.24) is 0 Å². The van der Waals surface area contributed by atoms with Crippen molar-refractivity contribution < 1.29 is 17.9 Å². The summed E-state index contributed by atoms with van der Waals surface area (Å²) >= 11 is 0. The van der Waals surface area contributed by atoms with Crippen LogP contribution in [0.15, 0.2) is 0 Å². The van der Waals surface area contributed by atoms with Crippen LogP contribution in [-0.2, 0) is 19.3 Å². The monoisotopic (exact) mass is 238 g/mol. The van der Waals surface area contributed by atoms with E-state index in [2.05, 4.69) is 0 Å². The fourth-order valence-corrected chi connectivity index (χ4v) is 1.83. The van der Waals surface area contributed by atoms with E-state index in [0.29, 0.717) is 0 Å². The van der Waals surface area contributed by atoms with E-state index in [4.69, 9.17) is 9.47 Å². The number of hydrogen-bond donors (Lipinski definition) is 0. The number of sulfone groups is 1. The normalized spacial score (nSPS) is 12.7. The number of ether oxygens (including phenoxy) is 2. The van der Waals surface area contributed by atoms with E-state index >= 15 is 0 Å². The Labute approximate surface area is 92.9 Å². The molecule has 0 heterocycles. The molecule has 0 unspecified atom stereocenters. The molecule has 0 aromatic carbocycles. The summed E-state index contributed by atoms with van der Waals surface area (Å²) in [5, 5.41) is 0. The van der Waals surface area contributed by atoms with Crippen LogP contribution in [0.5, 0.6) is 0 Å². The van der Waals surface area contributed by atoms with Crippen molar-refractivity contribution in [1.29, 1.82) is 0 Å². The predicted molar refractivity (Wildman–Crippen MR) is 60.8 cm³/mol. The second-order valence-corrected chi connectivity index (χ2v) is 6.29. The molecule has 0 saturated carbocycles. The minimum absolute atomic E-state index is 0.0760. The molecule has 0 atom stereocenters. The van der Waals surface area contributed by atoms with Crippen LogP contribution >= 0.6 is 0 Å². The quantitative estimate of drug-likeness (QED) is 0.638. The molecule has 0 aromatic heterocycles. The standard InChI is InChI=1S/C10H22O4S/c1-9(2)13-5-7-15(11,12)8-6-14-10(3)4/h9-10H,5-8H2,1-4H3. The minimum Gasteiger partial charge on any atom is -0.378 e. The van der Waals surface area contributed by atoms with E-state index in [1.807, 2.05) is 27.7 Å². The Hall–Kier alpha value is -0.130. The van der Waals surface area contributed by atoms with E-state index in [-0.39, 0.29) is 36.9 Å². The van der Waals surface area contributed by atoms with Crippen LogP contribution in [0, 0.1) is 0 Å². The van der Waals surface area contributed by atoms with Crippen molar-refractivity contribution in [2.24, 2.45) is 0 Å². The minimum atomic E-state index is -3.02. The van der Waals surface area contributed by atoms with Gasteiger partial charge in [-0.2, -0.15) is 0 Å². The maximum absolute atomic E-state index is 11.4. The molecule has 5 heteroatoms. The van der Waals surface area contributed by atoms with Gasteiger partial charge in [0.1, 0.15) is 0 Å². The SMILES string of the molecule is CC(C)OCCS(=O)(=O)CCOC(C)C. The summed E-state index contributed by atoms with van der Waals surface area (Å²) in [4.78, 5) is 0. The molecule has 0 rings (SSSR count). The van der Waals surface area contributed by atoms with Gasteiger partial charge in [0.15, 0.2) is 9.84 Å². The summed E-state index contributed by atoms with van der Waals surface area (Å²) in [6.45, 7) is 8.06. The summed E-state index contributed by atoms with van der Waals surface area (Å²) in [6, 6.07) is 0. The maximum atomic E-state index is 11.4. The van der Waals surface area contributed by atoms with E-state index in [9.17, 15) is 8.42 Å². The highest BCUT2D eigenvalue weighted by Crippen LogP contribution is 1.96. The number of rotatable bonds is 8. The van der Waals surface area contributed by atoms with Crippen LogP contribution in [0.1, 0.15) is 27.7 Å². The maximum Gasteiger partial charge on any atom is 0.154 e. The second-order valence-electron chi connectivity index (χ2n) is 3.99. The fraction of sp³-hybridized carbons (Fsp3) is 1.00. The molecular weight excluding hydrogens is 216 g/mol. The molecule has 0 radical (unpaired) electrons. The molecule has 15 heavy (non-hydrogen) atoms. The van der Waals surface area contributed by atoms with Crippen LogP contribution < -0.4 is 0 Å². The zero-order valence-corrected chi connectivity index (χ0v) is 10.8. The molecule has 0 spiro atoms. The van der Waals surface area contributed by atoms with E-state index in [0.717, 1.165) is 0 Å². The van der Waals surface area contributed by atoms with Crippen LogP contribution in [0.2, 0.25) is 0 Å². The van der Waals surface area contributed by atoms with Crippen LogP contribution in [0.4, 0.5) is 0 Å². The number of hydrogen-bond acceptors (Lipinski definition) is 4. The molecular formula is C10H22O4S. The average molecular weight is 238 g/mol. The largest absolute Gasteiger partial charge is 0.378 e. The van der Waals surface area contributed by atoms with Gasteiger partial charge < -0.3 is 9.47 Å². The average Bonchev–Trinajstić information content (AvgIpc) is 2.01. The molecule has 92 valence electrons. The van der Waals surface area contributed by atoms with Crippen LogP contribution in [0.25, 0.3) is 0 Å². The Bertz CT molecular complexity index is 224. The summed E-state index contributed by atoms with van der Waals surface area (Å²) in [6.07, 6.45) is 0.152. The Balaban J connectivity index is 3.68. The van der Waals surface area contributed by atoms with Gasteiger partial charge in [0.05, 0.1) is 36.9 Å². The zero-order valence-electron chi connectivity index (χ0n) is 10.0. The molecule has 0 aliphatic rings. The van der Waals surface area contributed by atoms with Gasteiger partial charge in [-0.3, -0.25) is 0 Å². The summed E-state index contributed by atoms with van der Waals surface area (Å²) in [5.74, 6) is 0.152. The van der Waals surface area contributed by atoms with Gasteiger partial charge in [0.25, 0.3) is 0 Å². The molecule has 4 nitrogen and oxygen atoms in total. The Morgan fingerprint density at radius 2 is 1.20 bits per heavy atom. The van der Waals surface area contributed by atoms with Gasteiger partial charge in [-0.05, 0) is 27.7 Å². The first-order chi connectivity index (χ1) is 6.83. The highest BCUT2D eigenvalue weighted by molar-refractivity contribution is 7.91. The molecule has 0 aliphatic heterocycles. The lowest BCUT2D eigenvalue weighted by atomic mass is 10.5. The summed E-state index contributed by atoms with van der Waals surface area (Å²) in [7, 11) is -3.02. The smallest absolute Gasteiger partial charge is 0.154 e. The van der Waals surface area contributed by atoms with Gasteiger partial charge in [-0.25, -0.2) is 8.42 Å². The third-order valence-electron chi connectivity index (χ3n) is 1.69. The lowest BCUT2D eigenvalue weighted by Crippen LogP contribution is -2.21. The Kier molecular flexibility index (Phi) is 7.13. The second kappa shape index (κ2) is 7.19. The van der Waals surface area contributed by atoms with Crippen LogP contribution in [0.3, 0.4) is 0 Å². The fourth-order valence-electron chi connectivity index (χ4n) is 0.924. The van der Waals surface area contributed by atoms with Crippen molar-refractivity contribution in [3.8, 4) is 0 Å². The van der Waals surface area contributed by atoms with E-state index in [1.165, 1.54) is 0 Å². The van der Waals surface area contributed by atoms with Crippen molar-refractivity contribution in [3.05, 3.63) is 0 Å². The molecule has 0 bridgehead atoms. The highest BCUT2D eigenvalue weighted by Gasteiger charge is 2.11. The third-order valence-corrected chi connectivity index (χ3v) is 3.27. The predicted octanol–water partition coefficient (Wildman–Crippen LogP) is 1.25. The van der Waals surface area contributed by atoms with Gasteiger partial charge in [0, 0.05) is 0 Å². The molecule has 0 aromatic rings. The first-order valence-electron chi connectivity index (χ1n) is 5.27. The van der Waals surface area contributed by atoms with Crippen molar-refractivity contribution in [2.75, 3.05) is 24.7 Å². The lowest BCUT2D eigenvalue weighted by Gasteiger charge is -2.09. The zero-order chi connectivity index (χ0) is 11.9. The summed E-state index contributed by atoms with van der Waals surface area (Å²) in [5.41, 5.74) is 0. The summed E-state index contributed by atoms with van der Waals surface area (Å²) < 4.78 is 33.2. The van der Waals surface area contributed by atoms with Gasteiger partial charge in [-0.15, -0.1) is 0 Å². The van der Waals surface area contributed by atoms with Crippen LogP contribution in [-0.4, -0.2) is 45.3 Å².